The third-order valence-electron chi connectivity index (χ3n) is 18.6. The molecule has 2 heterocycles. The number of aromatic amines is 1. The average Bonchev–Trinajstić information content (AvgIpc) is 1.80. The summed E-state index contributed by atoms with van der Waals surface area (Å²) in [6.07, 6.45) is 1.71. The van der Waals surface area contributed by atoms with E-state index in [0.29, 0.717) is 22.9 Å². The third kappa shape index (κ3) is 34.8. The number of anilines is 1. The Bertz CT molecular complexity index is 4120. The number of nitrogens with one attached hydrogen (secondary N) is 15. The molecule has 1 saturated heterocycles. The fraction of sp³-hybridized carbons (Fsp3) is 0.547. The lowest BCUT2D eigenvalue weighted by molar-refractivity contribution is -0.156. The van der Waals surface area contributed by atoms with E-state index < -0.39 is 262 Å². The first-order valence-corrected chi connectivity index (χ1v) is 38.6. The Morgan fingerprint density at radius 3 is 1.66 bits per heavy atom. The highest BCUT2D eigenvalue weighted by Crippen LogP contribution is 2.21. The first-order chi connectivity index (χ1) is 56.4. The summed E-state index contributed by atoms with van der Waals surface area (Å²) in [5.41, 5.74) is 18.1. The lowest BCUT2D eigenvalue weighted by Gasteiger charge is -2.30. The van der Waals surface area contributed by atoms with Gasteiger partial charge in [-0.3, -0.25) is 86.3 Å². The molecule has 654 valence electrons. The molecule has 44 nitrogen and oxygen atoms in total. The molecule has 26 N–H and O–H groups in total. The highest BCUT2D eigenvalue weighted by Gasteiger charge is 2.41. The first-order valence-electron chi connectivity index (χ1n) is 38.6. The number of unbranched alkanes of at least 4 members (excludes halogenated alkanes) is 9. The molecule has 3 aromatic rings. The quantitative estimate of drug-likeness (QED) is 0.0111. The van der Waals surface area contributed by atoms with Crippen LogP contribution in [0.3, 0.4) is 0 Å². The van der Waals surface area contributed by atoms with Crippen LogP contribution in [-0.2, 0) is 97.5 Å². The van der Waals surface area contributed by atoms with Crippen LogP contribution in [-0.4, -0.2) is 254 Å². The number of aliphatic hydroxyl groups excluding tert-OH is 1. The number of fused-ring (bicyclic) bond motifs is 1. The number of urea groups is 1. The second-order valence-corrected chi connectivity index (χ2v) is 28.4. The van der Waals surface area contributed by atoms with E-state index in [4.69, 9.17) is 21.9 Å². The Hall–Kier alpha value is -12.9. The van der Waals surface area contributed by atoms with Crippen molar-refractivity contribution in [2.75, 3.05) is 38.5 Å². The predicted molar refractivity (Wildman–Crippen MR) is 418 cm³/mol. The van der Waals surface area contributed by atoms with E-state index in [9.17, 15) is 121 Å². The molecule has 1 aromatic heterocycles. The molecule has 0 spiro atoms. The van der Waals surface area contributed by atoms with Crippen LogP contribution < -0.4 is 91.6 Å². The number of aliphatic carboxylic acids is 4. The molecule has 2 aromatic carbocycles. The highest BCUT2D eigenvalue weighted by molar-refractivity contribution is 6.05. The number of carboxylic acid groups (broad SMARTS) is 4. The van der Waals surface area contributed by atoms with Gasteiger partial charge in [0, 0.05) is 47.7 Å². The second kappa shape index (κ2) is 50.6. The van der Waals surface area contributed by atoms with Crippen molar-refractivity contribution in [1.29, 1.82) is 0 Å². The molecule has 0 radical (unpaired) electrons. The number of aliphatic hydroxyl groups is 1. The summed E-state index contributed by atoms with van der Waals surface area (Å²) in [4.78, 5) is 277. The number of primary amides is 1. The van der Waals surface area contributed by atoms with Gasteiger partial charge in [-0.05, 0) is 69.3 Å². The van der Waals surface area contributed by atoms with Crippen molar-refractivity contribution in [2.45, 2.75) is 222 Å². The van der Waals surface area contributed by atoms with Crippen molar-refractivity contribution < 1.29 is 126 Å². The van der Waals surface area contributed by atoms with Crippen molar-refractivity contribution >= 4 is 135 Å². The molecule has 1 fully saturated rings. The van der Waals surface area contributed by atoms with Crippen LogP contribution in [0.4, 0.5) is 10.5 Å². The molecule has 0 aliphatic carbocycles. The highest BCUT2D eigenvalue weighted by atomic mass is 16.5. The molecule has 1 aliphatic heterocycles. The van der Waals surface area contributed by atoms with E-state index in [0.717, 1.165) is 65.7 Å². The van der Waals surface area contributed by atoms with Crippen LogP contribution in [0.5, 0.6) is 0 Å². The van der Waals surface area contributed by atoms with Crippen LogP contribution in [0.25, 0.3) is 10.9 Å². The van der Waals surface area contributed by atoms with Crippen molar-refractivity contribution in [3.63, 3.8) is 0 Å². The number of carbonyl (C=O) groups is 20. The number of cyclic esters (lactones) is 1. The topological polar surface area (TPSA) is 714 Å². The number of hydrogen-bond acceptors (Lipinski definition) is 24. The summed E-state index contributed by atoms with van der Waals surface area (Å²) in [5.74, 6) is -29.3. The average molecular weight is 1680 g/mol. The predicted octanol–water partition coefficient (Wildman–Crippen LogP) is -4.66. The number of ether oxygens (including phenoxy) is 1. The number of nitrogen functional groups attached to an aromatic ring is 1. The number of aromatic nitrogens is 1. The first kappa shape index (κ1) is 98.5. The molecule has 44 heteroatoms. The van der Waals surface area contributed by atoms with Crippen LogP contribution in [0.2, 0.25) is 0 Å². The molecule has 1 aliphatic rings. The maximum atomic E-state index is 14.9. The Labute approximate surface area is 682 Å². The minimum atomic E-state index is -2.46. The number of para-hydroxylation sites is 2. The molecule has 15 amide bonds. The summed E-state index contributed by atoms with van der Waals surface area (Å²) in [7, 11) is 0. The van der Waals surface area contributed by atoms with Crippen LogP contribution in [0.15, 0.2) is 54.7 Å². The number of rotatable bonds is 38. The zero-order valence-electron chi connectivity index (χ0n) is 66.2. The fourth-order valence-electron chi connectivity index (χ4n) is 12.2. The molecule has 0 bridgehead atoms. The van der Waals surface area contributed by atoms with Crippen molar-refractivity contribution in [3.05, 3.63) is 65.9 Å². The molecule has 13 atom stereocenters. The lowest BCUT2D eigenvalue weighted by atomic mass is 9.96. The number of Topliss-reactive ketones (excluding diaryl/α,β-unsaturated/α-hetero) is 1. The molecule has 4 rings (SSSR count). The number of esters is 1. The van der Waals surface area contributed by atoms with Gasteiger partial charge in [0.2, 0.25) is 76.8 Å². The summed E-state index contributed by atoms with van der Waals surface area (Å²) in [5, 5.41) is 81.3. The van der Waals surface area contributed by atoms with E-state index in [2.05, 4.69) is 70.4 Å². The normalized spacial score (nSPS) is 20.8. The Morgan fingerprint density at radius 2 is 1.07 bits per heavy atom. The van der Waals surface area contributed by atoms with Gasteiger partial charge in [0.15, 0.2) is 5.78 Å². The zero-order valence-corrected chi connectivity index (χ0v) is 66.2. The Morgan fingerprint density at radius 1 is 0.538 bits per heavy atom. The molecular weight excluding hydrogens is 1570 g/mol. The van der Waals surface area contributed by atoms with Crippen LogP contribution >= 0.6 is 0 Å². The monoisotopic (exact) mass is 1680 g/mol. The van der Waals surface area contributed by atoms with E-state index in [-0.39, 0.29) is 37.2 Å². The minimum Gasteiger partial charge on any atom is -0.481 e. The number of nitrogens with two attached hydrogens (primary N) is 3. The van der Waals surface area contributed by atoms with E-state index in [1.54, 1.807) is 30.5 Å². The number of ketones is 1. The van der Waals surface area contributed by atoms with Gasteiger partial charge in [-0.1, -0.05) is 102 Å². The molecular formula is C75H108N18O26. The van der Waals surface area contributed by atoms with E-state index in [1.165, 1.54) is 37.1 Å². The van der Waals surface area contributed by atoms with Crippen molar-refractivity contribution in [2.24, 2.45) is 17.4 Å². The van der Waals surface area contributed by atoms with E-state index >= 15 is 0 Å². The molecule has 13 unspecified atom stereocenters. The van der Waals surface area contributed by atoms with Gasteiger partial charge in [0.1, 0.15) is 72.6 Å². The number of H-pyrrole nitrogens is 1. The van der Waals surface area contributed by atoms with Gasteiger partial charge >= 0.3 is 35.9 Å². The lowest BCUT2D eigenvalue weighted by Crippen LogP contribution is -2.62. The summed E-state index contributed by atoms with van der Waals surface area (Å²) >= 11 is 0. The number of carboxylic acids is 4. The second-order valence-electron chi connectivity index (χ2n) is 28.4. The third-order valence-corrected chi connectivity index (χ3v) is 18.6. The van der Waals surface area contributed by atoms with Crippen molar-refractivity contribution in [3.8, 4) is 0 Å². The number of hydrogen-bond donors (Lipinski definition) is 23. The largest absolute Gasteiger partial charge is 0.481 e. The summed E-state index contributed by atoms with van der Waals surface area (Å²) in [6, 6.07) is -11.5. The zero-order chi connectivity index (χ0) is 88.6. The van der Waals surface area contributed by atoms with Gasteiger partial charge in [-0.2, -0.15) is 0 Å². The molecule has 0 saturated carbocycles. The van der Waals surface area contributed by atoms with Crippen LogP contribution in [0, 0.1) is 5.92 Å². The molecule has 119 heavy (non-hydrogen) atoms. The van der Waals surface area contributed by atoms with Gasteiger partial charge in [0.05, 0.1) is 51.8 Å². The Kier molecular flexibility index (Phi) is 41.8. The summed E-state index contributed by atoms with van der Waals surface area (Å²) < 4.78 is 5.69. The van der Waals surface area contributed by atoms with Gasteiger partial charge in [-0.15, -0.1) is 0 Å². The maximum Gasteiger partial charge on any atom is 0.329 e. The maximum absolute atomic E-state index is 14.9. The minimum absolute atomic E-state index is 0.0957. The SMILES string of the molecule is CCCCCCCCCCCCNC(=O)NC(Cc1c[nH]c2ccccc12)C(=O)NC(CC(N)=O)C(=O)NC(CC(=O)O)C(=O)NC1C(=O)NCC(=O)NC(CCCN)C(=O)NC(CC(=O)O)C(=O)NC(C)C(=O)NC(CC(=O)O)C(=O)NCC(=O)NC(CO)C(=O)NC(C(C)CC(=O)O)C(=O)NC(CC(=O)c2ccccc2N)C(=O)OC1C. The number of amides is 15. The van der Waals surface area contributed by atoms with Gasteiger partial charge in [-0.25, -0.2) is 9.59 Å². The smallest absolute Gasteiger partial charge is 0.329 e. The van der Waals surface area contributed by atoms with E-state index in [1.807, 2.05) is 16.0 Å². The van der Waals surface area contributed by atoms with Gasteiger partial charge in [0.25, 0.3) is 0 Å². The standard InChI is InChI=1S/C75H108N18O26/c1-5-6-7-8-9-10-11-12-13-18-26-79-75(118)91-47(28-41-34-80-45-23-17-15-20-42(41)45)68(111)87-48(30-55(78)96)69(112)89-51(33-61(105)106)70(113)93-63-40(4)119-74(117)52(29-54(95)43-21-14-16-22-44(43)77)90-73(116)62(38(2)27-58(99)100)92-71(114)53(37-94)85-57(98)35-81-65(108)49(31-59(101)102)86-64(107)39(3)83-67(110)50(32-60(103)104)88-66(109)46(24-19-25-76)84-56(97)36-82-72(63)115/h14-17,20-23,34,38-40,46-53,62-63,80,94H,5-13,18-19,24-33,35-37,76-77H2,1-4H3,(H2,78,96)(H,81,108)(H,82,115)(H,83,110)(H,84,97)(H,85,98)(H,86,107)(H,87,111)(H,88,109)(H,89,112)(H,90,116)(H,92,114)(H,93,113)(H,99,100)(H,101,102)(H,103,104)(H,105,106)(H2,79,91,118). The number of benzene rings is 2. The van der Waals surface area contributed by atoms with Crippen molar-refractivity contribution in [1.82, 2.24) is 79.4 Å². The fourth-order valence-corrected chi connectivity index (χ4v) is 12.2. The van der Waals surface area contributed by atoms with Gasteiger partial charge < -0.3 is 127 Å². The van der Waals surface area contributed by atoms with Crippen LogP contribution in [0.1, 0.15) is 159 Å². The summed E-state index contributed by atoms with van der Waals surface area (Å²) in [6.45, 7) is 1.38. The Balaban J connectivity index is 1.84. The number of carbonyl (C=O) groups excluding carboxylic acids is 16.